The maximum atomic E-state index is 13.1. The molecule has 2 amide bonds. The van der Waals surface area contributed by atoms with Gasteiger partial charge in [0.15, 0.2) is 0 Å². The van der Waals surface area contributed by atoms with E-state index in [1.807, 2.05) is 0 Å². The van der Waals surface area contributed by atoms with E-state index in [0.717, 1.165) is 12.1 Å². The van der Waals surface area contributed by atoms with Crippen molar-refractivity contribution in [2.75, 3.05) is 4.90 Å². The van der Waals surface area contributed by atoms with E-state index in [0.29, 0.717) is 16.8 Å². The molecule has 0 unspecified atom stereocenters. The van der Waals surface area contributed by atoms with E-state index in [4.69, 9.17) is 5.21 Å². The van der Waals surface area contributed by atoms with Gasteiger partial charge in [0.05, 0.1) is 12.1 Å². The average Bonchev–Trinajstić information content (AvgIpc) is 2.64. The number of halogens is 3. The van der Waals surface area contributed by atoms with Crippen molar-refractivity contribution in [3.8, 4) is 0 Å². The zero-order valence-corrected chi connectivity index (χ0v) is 16.6. The first-order valence-corrected chi connectivity index (χ1v) is 8.88. The molecule has 156 valence electrons. The van der Waals surface area contributed by atoms with E-state index >= 15 is 0 Å². The Kier molecular flexibility index (Phi) is 6.37. The standard InChI is InChI=1S/C21H23F3N2O3/c1-13-8-9-15(18(27)25-29)11-17(13)26(19(28)20(2,3)4)12-14-6-5-7-16(10-14)21(22,23)24/h5-11,29H,12H2,1-4H3,(H,25,27). The first-order chi connectivity index (χ1) is 13.3. The molecule has 2 N–H and O–H groups in total. The van der Waals surface area contributed by atoms with E-state index in [1.54, 1.807) is 33.8 Å². The van der Waals surface area contributed by atoms with Crippen molar-refractivity contribution in [3.05, 3.63) is 64.7 Å². The number of nitrogens with zero attached hydrogens (tertiary/aromatic N) is 1. The van der Waals surface area contributed by atoms with Gasteiger partial charge in [-0.25, -0.2) is 5.48 Å². The van der Waals surface area contributed by atoms with Crippen molar-refractivity contribution < 1.29 is 28.0 Å². The molecule has 0 atom stereocenters. The molecule has 2 aromatic rings. The van der Waals surface area contributed by atoms with Crippen LogP contribution in [0.15, 0.2) is 42.5 Å². The fourth-order valence-electron chi connectivity index (χ4n) is 2.81. The molecule has 8 heteroatoms. The van der Waals surface area contributed by atoms with Gasteiger partial charge >= 0.3 is 6.18 Å². The van der Waals surface area contributed by atoms with E-state index in [1.165, 1.54) is 34.6 Å². The summed E-state index contributed by atoms with van der Waals surface area (Å²) in [5.74, 6) is -1.08. The molecule has 29 heavy (non-hydrogen) atoms. The highest BCUT2D eigenvalue weighted by Crippen LogP contribution is 2.32. The number of aryl methyl sites for hydroxylation is 1. The Hall–Kier alpha value is -2.87. The molecule has 0 fully saturated rings. The van der Waals surface area contributed by atoms with Crippen LogP contribution in [0.3, 0.4) is 0 Å². The molecule has 2 aromatic carbocycles. The molecule has 0 spiro atoms. The minimum Gasteiger partial charge on any atom is -0.307 e. The van der Waals surface area contributed by atoms with Gasteiger partial charge in [-0.1, -0.05) is 39.0 Å². The van der Waals surface area contributed by atoms with Gasteiger partial charge < -0.3 is 4.90 Å². The first kappa shape index (κ1) is 22.4. The summed E-state index contributed by atoms with van der Waals surface area (Å²) in [4.78, 5) is 26.3. The summed E-state index contributed by atoms with van der Waals surface area (Å²) >= 11 is 0. The number of hydrogen-bond acceptors (Lipinski definition) is 3. The molecule has 2 rings (SSSR count). The number of hydroxylamine groups is 1. The quantitative estimate of drug-likeness (QED) is 0.569. The lowest BCUT2D eigenvalue weighted by Gasteiger charge is -2.31. The van der Waals surface area contributed by atoms with E-state index in [9.17, 15) is 22.8 Å². The molecule has 0 aliphatic rings. The van der Waals surface area contributed by atoms with Gasteiger partial charge in [-0.05, 0) is 42.3 Å². The second kappa shape index (κ2) is 8.24. The Labute approximate surface area is 167 Å². The number of nitrogens with one attached hydrogen (secondary N) is 1. The Morgan fingerprint density at radius 2 is 1.72 bits per heavy atom. The molecular formula is C21H23F3N2O3. The number of carbonyl (C=O) groups is 2. The molecular weight excluding hydrogens is 385 g/mol. The van der Waals surface area contributed by atoms with Crippen LogP contribution in [0.5, 0.6) is 0 Å². The van der Waals surface area contributed by atoms with Crippen LogP contribution in [0.1, 0.15) is 47.8 Å². The van der Waals surface area contributed by atoms with Gasteiger partial charge in [-0.2, -0.15) is 13.2 Å². The molecule has 0 saturated carbocycles. The third-order valence-electron chi connectivity index (χ3n) is 4.35. The summed E-state index contributed by atoms with van der Waals surface area (Å²) in [7, 11) is 0. The minimum absolute atomic E-state index is 0.106. The predicted octanol–water partition coefficient (Wildman–Crippen LogP) is 4.71. The van der Waals surface area contributed by atoms with Crippen molar-refractivity contribution in [2.24, 2.45) is 5.41 Å². The molecule has 0 aliphatic carbocycles. The normalized spacial score (nSPS) is 11.9. The fraction of sp³-hybridized carbons (Fsp3) is 0.333. The molecule has 0 heterocycles. The average molecular weight is 408 g/mol. The summed E-state index contributed by atoms with van der Waals surface area (Å²) in [6, 6.07) is 9.29. The largest absolute Gasteiger partial charge is 0.416 e. The highest BCUT2D eigenvalue weighted by molar-refractivity contribution is 6.00. The molecule has 0 aliphatic heterocycles. The van der Waals surface area contributed by atoms with Crippen molar-refractivity contribution >= 4 is 17.5 Å². The Morgan fingerprint density at radius 1 is 1.07 bits per heavy atom. The Balaban J connectivity index is 2.55. The van der Waals surface area contributed by atoms with E-state index in [-0.39, 0.29) is 18.0 Å². The smallest absolute Gasteiger partial charge is 0.307 e. The first-order valence-electron chi connectivity index (χ1n) is 8.88. The van der Waals surface area contributed by atoms with Crippen LogP contribution < -0.4 is 10.4 Å². The summed E-state index contributed by atoms with van der Waals surface area (Å²) in [5, 5.41) is 8.88. The van der Waals surface area contributed by atoms with Crippen LogP contribution in [0.25, 0.3) is 0 Å². The van der Waals surface area contributed by atoms with Crippen LogP contribution in [0.4, 0.5) is 18.9 Å². The zero-order valence-electron chi connectivity index (χ0n) is 16.6. The lowest BCUT2D eigenvalue weighted by molar-refractivity contribution is -0.137. The summed E-state index contributed by atoms with van der Waals surface area (Å²) in [6.07, 6.45) is -4.50. The Bertz CT molecular complexity index is 918. The van der Waals surface area contributed by atoms with Crippen LogP contribution in [-0.2, 0) is 17.5 Å². The van der Waals surface area contributed by atoms with Gasteiger partial charge in [-0.15, -0.1) is 0 Å². The molecule has 0 saturated heterocycles. The number of hydrogen-bond donors (Lipinski definition) is 2. The SMILES string of the molecule is Cc1ccc(C(=O)NO)cc1N(Cc1cccc(C(F)(F)F)c1)C(=O)C(C)(C)C. The second-order valence-corrected chi connectivity index (χ2v) is 7.78. The monoisotopic (exact) mass is 408 g/mol. The number of alkyl halides is 3. The number of benzene rings is 2. The highest BCUT2D eigenvalue weighted by atomic mass is 19.4. The highest BCUT2D eigenvalue weighted by Gasteiger charge is 2.32. The van der Waals surface area contributed by atoms with Crippen LogP contribution in [-0.4, -0.2) is 17.0 Å². The maximum Gasteiger partial charge on any atom is 0.416 e. The van der Waals surface area contributed by atoms with E-state index < -0.39 is 23.1 Å². The number of rotatable bonds is 4. The van der Waals surface area contributed by atoms with Crippen molar-refractivity contribution in [1.82, 2.24) is 5.48 Å². The van der Waals surface area contributed by atoms with Gasteiger partial charge in [-0.3, -0.25) is 14.8 Å². The lowest BCUT2D eigenvalue weighted by Crippen LogP contribution is -2.39. The summed E-state index contributed by atoms with van der Waals surface area (Å²) < 4.78 is 39.2. The molecule has 0 aromatic heterocycles. The molecule has 5 nitrogen and oxygen atoms in total. The summed E-state index contributed by atoms with van der Waals surface area (Å²) in [6.45, 7) is 6.73. The van der Waals surface area contributed by atoms with Crippen LogP contribution in [0, 0.1) is 12.3 Å². The lowest BCUT2D eigenvalue weighted by atomic mass is 9.93. The number of anilines is 1. The Morgan fingerprint density at radius 3 is 2.28 bits per heavy atom. The van der Waals surface area contributed by atoms with Gasteiger partial charge in [0, 0.05) is 16.7 Å². The van der Waals surface area contributed by atoms with Crippen molar-refractivity contribution in [3.63, 3.8) is 0 Å². The van der Waals surface area contributed by atoms with Crippen LogP contribution >= 0.6 is 0 Å². The third kappa shape index (κ3) is 5.35. The minimum atomic E-state index is -4.50. The topological polar surface area (TPSA) is 69.6 Å². The van der Waals surface area contributed by atoms with E-state index in [2.05, 4.69) is 0 Å². The number of amides is 2. The molecule has 0 bridgehead atoms. The predicted molar refractivity (Wildman–Crippen MR) is 103 cm³/mol. The fourth-order valence-corrected chi connectivity index (χ4v) is 2.81. The molecule has 0 radical (unpaired) electrons. The van der Waals surface area contributed by atoms with Gasteiger partial charge in [0.2, 0.25) is 5.91 Å². The van der Waals surface area contributed by atoms with Crippen molar-refractivity contribution in [2.45, 2.75) is 40.4 Å². The summed E-state index contributed by atoms with van der Waals surface area (Å²) in [5.41, 5.74) is 1.36. The van der Waals surface area contributed by atoms with Gasteiger partial charge in [0.25, 0.3) is 5.91 Å². The second-order valence-electron chi connectivity index (χ2n) is 7.78. The van der Waals surface area contributed by atoms with Crippen molar-refractivity contribution in [1.29, 1.82) is 0 Å². The van der Waals surface area contributed by atoms with Crippen LogP contribution in [0.2, 0.25) is 0 Å². The van der Waals surface area contributed by atoms with Gasteiger partial charge in [0.1, 0.15) is 0 Å². The maximum absolute atomic E-state index is 13.1. The zero-order chi connectivity index (χ0) is 22.0. The third-order valence-corrected chi connectivity index (χ3v) is 4.35. The number of carbonyl (C=O) groups excluding carboxylic acids is 2.